The fraction of sp³-hybridized carbons (Fsp3) is 0.0909. The lowest BCUT2D eigenvalue weighted by Crippen LogP contribution is -2.39. The Morgan fingerprint density at radius 1 is 1.00 bits per heavy atom. The molecular weight excluding hydrogens is 405 g/mol. The Labute approximate surface area is 174 Å². The first-order valence-electron chi connectivity index (χ1n) is 9.08. The molecule has 1 N–H and O–H groups in total. The highest BCUT2D eigenvalue weighted by atomic mass is 32.2. The summed E-state index contributed by atoms with van der Waals surface area (Å²) in [6, 6.07) is 20.3. The van der Waals surface area contributed by atoms with Gasteiger partial charge in [-0.05, 0) is 48.9 Å². The van der Waals surface area contributed by atoms with Crippen molar-refractivity contribution in [2.45, 2.75) is 11.8 Å². The molecule has 0 spiro atoms. The second-order valence-electron chi connectivity index (χ2n) is 6.51. The van der Waals surface area contributed by atoms with Gasteiger partial charge in [-0.1, -0.05) is 48.0 Å². The first kappa shape index (κ1) is 21.2. The molecule has 6 nitrogen and oxygen atoms in total. The zero-order valence-corrected chi connectivity index (χ0v) is 17.0. The number of anilines is 1. The number of nitrogens with zero attached hydrogens (tertiary/aromatic N) is 2. The summed E-state index contributed by atoms with van der Waals surface area (Å²) in [6.45, 7) is 1.43. The highest BCUT2D eigenvalue weighted by molar-refractivity contribution is 7.92. The average molecular weight is 425 g/mol. The van der Waals surface area contributed by atoms with Gasteiger partial charge in [-0.25, -0.2) is 18.2 Å². The number of amides is 1. The first-order chi connectivity index (χ1) is 14.4. The molecule has 0 radical (unpaired) electrons. The summed E-state index contributed by atoms with van der Waals surface area (Å²) in [5, 5.41) is 3.82. The number of halogens is 1. The summed E-state index contributed by atoms with van der Waals surface area (Å²) in [5.74, 6) is -0.996. The molecule has 0 saturated carbocycles. The standard InChI is InChI=1S/C22H20FN3O3S/c1-17-7-13-20(14-8-17)26(30(28,29)21-5-3-2-4-6-21)16-22(27)25-24-15-18-9-11-19(23)12-10-18/h2-15H,16H2,1H3,(H,25,27)/b24-15-. The van der Waals surface area contributed by atoms with Gasteiger partial charge >= 0.3 is 0 Å². The molecule has 1 amide bonds. The zero-order chi connectivity index (χ0) is 21.6. The molecule has 0 aliphatic rings. The van der Waals surface area contributed by atoms with Crippen LogP contribution in [0.5, 0.6) is 0 Å². The Hall–Kier alpha value is -3.52. The van der Waals surface area contributed by atoms with Gasteiger partial charge in [0.1, 0.15) is 12.4 Å². The summed E-state index contributed by atoms with van der Waals surface area (Å²) in [5.41, 5.74) is 4.22. The van der Waals surface area contributed by atoms with Crippen molar-refractivity contribution in [1.82, 2.24) is 5.43 Å². The number of aryl methyl sites for hydroxylation is 1. The predicted octanol–water partition coefficient (Wildman–Crippen LogP) is 3.48. The summed E-state index contributed by atoms with van der Waals surface area (Å²) < 4.78 is 40.3. The Morgan fingerprint density at radius 3 is 2.27 bits per heavy atom. The van der Waals surface area contributed by atoms with Crippen LogP contribution in [0.4, 0.5) is 10.1 Å². The second kappa shape index (κ2) is 9.32. The number of carbonyl (C=O) groups is 1. The Balaban J connectivity index is 1.81. The molecular formula is C22H20FN3O3S. The van der Waals surface area contributed by atoms with E-state index in [-0.39, 0.29) is 10.7 Å². The highest BCUT2D eigenvalue weighted by Gasteiger charge is 2.26. The predicted molar refractivity (Wildman–Crippen MR) is 114 cm³/mol. The van der Waals surface area contributed by atoms with Gasteiger partial charge in [0.05, 0.1) is 16.8 Å². The van der Waals surface area contributed by atoms with Crippen molar-refractivity contribution < 1.29 is 17.6 Å². The minimum absolute atomic E-state index is 0.0770. The Morgan fingerprint density at radius 2 is 1.63 bits per heavy atom. The molecule has 8 heteroatoms. The summed E-state index contributed by atoms with van der Waals surface area (Å²) >= 11 is 0. The SMILES string of the molecule is Cc1ccc(N(CC(=O)N/N=C\c2ccc(F)cc2)S(=O)(=O)c2ccccc2)cc1. The van der Waals surface area contributed by atoms with Crippen molar-refractivity contribution in [3.05, 3.63) is 95.8 Å². The molecule has 0 atom stereocenters. The number of sulfonamides is 1. The van der Waals surface area contributed by atoms with Crippen LogP contribution in [-0.2, 0) is 14.8 Å². The Kier molecular flexibility index (Phi) is 6.58. The van der Waals surface area contributed by atoms with Crippen LogP contribution in [0.3, 0.4) is 0 Å². The van der Waals surface area contributed by atoms with Gasteiger partial charge in [0.2, 0.25) is 0 Å². The van der Waals surface area contributed by atoms with Gasteiger partial charge < -0.3 is 0 Å². The van der Waals surface area contributed by atoms with E-state index in [0.717, 1.165) is 9.87 Å². The molecule has 3 rings (SSSR count). The number of rotatable bonds is 7. The van der Waals surface area contributed by atoms with Gasteiger partial charge in [0.25, 0.3) is 15.9 Å². The van der Waals surface area contributed by atoms with Crippen molar-refractivity contribution in [2.75, 3.05) is 10.8 Å². The molecule has 30 heavy (non-hydrogen) atoms. The third-order valence-electron chi connectivity index (χ3n) is 4.21. The number of hydrogen-bond acceptors (Lipinski definition) is 4. The molecule has 154 valence electrons. The first-order valence-corrected chi connectivity index (χ1v) is 10.5. The lowest BCUT2D eigenvalue weighted by Gasteiger charge is -2.23. The van der Waals surface area contributed by atoms with Crippen molar-refractivity contribution >= 4 is 27.8 Å². The van der Waals surface area contributed by atoms with Gasteiger partial charge in [0.15, 0.2) is 0 Å². The fourth-order valence-electron chi connectivity index (χ4n) is 2.64. The lowest BCUT2D eigenvalue weighted by molar-refractivity contribution is -0.119. The van der Waals surface area contributed by atoms with Crippen LogP contribution < -0.4 is 9.73 Å². The number of benzene rings is 3. The summed E-state index contributed by atoms with van der Waals surface area (Å²) in [6.07, 6.45) is 1.35. The van der Waals surface area contributed by atoms with Gasteiger partial charge in [-0.3, -0.25) is 9.10 Å². The summed E-state index contributed by atoms with van der Waals surface area (Å²) in [4.78, 5) is 12.5. The van der Waals surface area contributed by atoms with E-state index in [1.165, 1.54) is 42.6 Å². The number of hydrogen-bond donors (Lipinski definition) is 1. The van der Waals surface area contributed by atoms with Crippen LogP contribution >= 0.6 is 0 Å². The monoisotopic (exact) mass is 425 g/mol. The fourth-order valence-corrected chi connectivity index (χ4v) is 4.08. The molecule has 3 aromatic rings. The van der Waals surface area contributed by atoms with E-state index in [9.17, 15) is 17.6 Å². The molecule has 0 aliphatic carbocycles. The van der Waals surface area contributed by atoms with Crippen molar-refractivity contribution in [3.63, 3.8) is 0 Å². The van der Waals surface area contributed by atoms with Gasteiger partial charge in [0, 0.05) is 0 Å². The topological polar surface area (TPSA) is 78.8 Å². The van der Waals surface area contributed by atoms with Crippen LogP contribution in [0.1, 0.15) is 11.1 Å². The Bertz CT molecular complexity index is 1130. The molecule has 0 saturated heterocycles. The molecule has 0 aliphatic heterocycles. The third-order valence-corrected chi connectivity index (χ3v) is 6.00. The maximum atomic E-state index is 13.2. The van der Waals surface area contributed by atoms with E-state index in [2.05, 4.69) is 10.5 Å². The van der Waals surface area contributed by atoms with E-state index < -0.39 is 22.5 Å². The second-order valence-corrected chi connectivity index (χ2v) is 8.37. The van der Waals surface area contributed by atoms with Crippen LogP contribution in [0, 0.1) is 12.7 Å². The quantitative estimate of drug-likeness (QED) is 0.465. The zero-order valence-electron chi connectivity index (χ0n) is 16.2. The van der Waals surface area contributed by atoms with Crippen LogP contribution in [0.2, 0.25) is 0 Å². The minimum atomic E-state index is -3.97. The third kappa shape index (κ3) is 5.30. The van der Waals surface area contributed by atoms with E-state index in [1.807, 2.05) is 6.92 Å². The average Bonchev–Trinajstić information content (AvgIpc) is 2.75. The molecule has 0 bridgehead atoms. The van der Waals surface area contributed by atoms with E-state index in [0.29, 0.717) is 11.3 Å². The number of hydrazone groups is 1. The van der Waals surface area contributed by atoms with E-state index >= 15 is 0 Å². The molecule has 0 heterocycles. The highest BCUT2D eigenvalue weighted by Crippen LogP contribution is 2.23. The number of carbonyl (C=O) groups excluding carboxylic acids is 1. The molecule has 0 fully saturated rings. The molecule has 3 aromatic carbocycles. The maximum absolute atomic E-state index is 13.2. The summed E-state index contributed by atoms with van der Waals surface area (Å²) in [7, 11) is -3.97. The maximum Gasteiger partial charge on any atom is 0.264 e. The van der Waals surface area contributed by atoms with Crippen molar-refractivity contribution in [2.24, 2.45) is 5.10 Å². The normalized spacial score (nSPS) is 11.4. The van der Waals surface area contributed by atoms with Crippen LogP contribution in [-0.4, -0.2) is 27.1 Å². The van der Waals surface area contributed by atoms with Gasteiger partial charge in [-0.15, -0.1) is 0 Å². The van der Waals surface area contributed by atoms with Crippen LogP contribution in [0.25, 0.3) is 0 Å². The van der Waals surface area contributed by atoms with E-state index in [4.69, 9.17) is 0 Å². The molecule has 0 aromatic heterocycles. The number of nitrogens with one attached hydrogen (secondary N) is 1. The van der Waals surface area contributed by atoms with Gasteiger partial charge in [-0.2, -0.15) is 5.10 Å². The lowest BCUT2D eigenvalue weighted by atomic mass is 10.2. The smallest absolute Gasteiger partial charge is 0.264 e. The van der Waals surface area contributed by atoms with Crippen molar-refractivity contribution in [1.29, 1.82) is 0 Å². The minimum Gasteiger partial charge on any atom is -0.271 e. The molecule has 0 unspecified atom stereocenters. The van der Waals surface area contributed by atoms with E-state index in [1.54, 1.807) is 42.5 Å². The largest absolute Gasteiger partial charge is 0.271 e. The van der Waals surface area contributed by atoms with Crippen LogP contribution in [0.15, 0.2) is 88.9 Å². The van der Waals surface area contributed by atoms with Crippen molar-refractivity contribution in [3.8, 4) is 0 Å².